The number of hydrogen-bond donors (Lipinski definition) is 1. The average Bonchev–Trinajstić information content (AvgIpc) is 2.55. The van der Waals surface area contributed by atoms with Gasteiger partial charge < -0.3 is 14.6 Å². The molecule has 0 spiro atoms. The van der Waals surface area contributed by atoms with E-state index in [9.17, 15) is 28.3 Å². The molecule has 8 nitrogen and oxygen atoms in total. The third-order valence-electron chi connectivity index (χ3n) is 3.75. The Hall–Kier alpha value is -3.17. The van der Waals surface area contributed by atoms with Crippen LogP contribution in [0.15, 0.2) is 17.1 Å². The monoisotopic (exact) mass is 354 g/mol. The molecule has 1 N–H and O–H groups in total. The quantitative estimate of drug-likeness (QED) is 0.815. The standard InChI is InChI=1S/C15H12F2N2O6/c1-3-24-15(23)13-18(2)19-5-7(14(21)22)11(20)6-4-8(16)9(17)12(25-13)10(6)19/h4-5,13H,3H2,1-2H3,(H,21,22). The van der Waals surface area contributed by atoms with Gasteiger partial charge in [0.15, 0.2) is 11.6 Å². The molecule has 0 radical (unpaired) electrons. The summed E-state index contributed by atoms with van der Waals surface area (Å²) in [6, 6.07) is 0.599. The molecule has 0 saturated carbocycles. The van der Waals surface area contributed by atoms with Crippen molar-refractivity contribution in [2.24, 2.45) is 0 Å². The summed E-state index contributed by atoms with van der Waals surface area (Å²) in [7, 11) is 1.35. The third kappa shape index (κ3) is 2.37. The fraction of sp³-hybridized carbons (Fsp3) is 0.267. The van der Waals surface area contributed by atoms with Crippen LogP contribution >= 0.6 is 0 Å². The van der Waals surface area contributed by atoms with E-state index >= 15 is 0 Å². The van der Waals surface area contributed by atoms with Gasteiger partial charge in [-0.05, 0) is 13.0 Å². The highest BCUT2D eigenvalue weighted by Crippen LogP contribution is 2.34. The predicted octanol–water partition coefficient (Wildman–Crippen LogP) is 0.827. The number of carbonyl (C=O) groups excluding carboxylic acids is 1. The first-order chi connectivity index (χ1) is 11.8. The lowest BCUT2D eigenvalue weighted by Gasteiger charge is -2.36. The lowest BCUT2D eigenvalue weighted by Crippen LogP contribution is -2.53. The van der Waals surface area contributed by atoms with E-state index in [4.69, 9.17) is 9.47 Å². The molecule has 0 saturated heterocycles. The van der Waals surface area contributed by atoms with Crippen LogP contribution in [0.1, 0.15) is 17.3 Å². The number of rotatable bonds is 3. The maximum Gasteiger partial charge on any atom is 0.370 e. The first-order valence-corrected chi connectivity index (χ1v) is 7.15. The number of likely N-dealkylation sites (N-methyl/N-ethyl adjacent to an activating group) is 1. The largest absolute Gasteiger partial charge is 0.477 e. The lowest BCUT2D eigenvalue weighted by atomic mass is 10.1. The summed E-state index contributed by atoms with van der Waals surface area (Å²) in [6.45, 7) is 1.57. The second-order valence-corrected chi connectivity index (χ2v) is 5.22. The first kappa shape index (κ1) is 16.7. The number of hydrogen-bond acceptors (Lipinski definition) is 6. The van der Waals surface area contributed by atoms with E-state index in [-0.39, 0.29) is 17.5 Å². The molecule has 1 aromatic carbocycles. The van der Waals surface area contributed by atoms with Gasteiger partial charge in [-0.2, -0.15) is 4.39 Å². The minimum atomic E-state index is -1.55. The van der Waals surface area contributed by atoms with Crippen LogP contribution in [0.3, 0.4) is 0 Å². The zero-order valence-corrected chi connectivity index (χ0v) is 13.1. The highest BCUT2D eigenvalue weighted by Gasteiger charge is 2.36. The molecule has 2 heterocycles. The fourth-order valence-electron chi connectivity index (χ4n) is 2.61. The van der Waals surface area contributed by atoms with E-state index in [2.05, 4.69) is 0 Å². The highest BCUT2D eigenvalue weighted by molar-refractivity contribution is 5.95. The number of carboxylic acids is 1. The van der Waals surface area contributed by atoms with Crippen LogP contribution in [-0.4, -0.2) is 41.6 Å². The summed E-state index contributed by atoms with van der Waals surface area (Å²) in [5.74, 6) is -5.90. The number of esters is 1. The minimum Gasteiger partial charge on any atom is -0.477 e. The van der Waals surface area contributed by atoms with Crippen molar-refractivity contribution in [3.63, 3.8) is 0 Å². The Morgan fingerprint density at radius 3 is 2.68 bits per heavy atom. The van der Waals surface area contributed by atoms with Gasteiger partial charge in [0.25, 0.3) is 6.23 Å². The number of aromatic nitrogens is 1. The SMILES string of the molecule is CCOC(=O)C1Oc2c(F)c(F)cc3c(=O)c(C(=O)O)cn(c23)N1C. The van der Waals surface area contributed by atoms with Gasteiger partial charge in [-0.25, -0.2) is 14.0 Å². The van der Waals surface area contributed by atoms with Crippen molar-refractivity contribution in [3.8, 4) is 5.75 Å². The second-order valence-electron chi connectivity index (χ2n) is 5.22. The third-order valence-corrected chi connectivity index (χ3v) is 3.75. The van der Waals surface area contributed by atoms with Crippen LogP contribution < -0.4 is 15.2 Å². The maximum absolute atomic E-state index is 14.2. The van der Waals surface area contributed by atoms with E-state index in [1.807, 2.05) is 0 Å². The molecule has 0 amide bonds. The zero-order chi connectivity index (χ0) is 18.5. The van der Waals surface area contributed by atoms with E-state index in [1.165, 1.54) is 7.05 Å². The van der Waals surface area contributed by atoms with Crippen molar-refractivity contribution >= 4 is 22.8 Å². The molecule has 1 unspecified atom stereocenters. The number of halogens is 2. The topological polar surface area (TPSA) is 98.1 Å². The van der Waals surface area contributed by atoms with Crippen molar-refractivity contribution in [1.29, 1.82) is 0 Å². The molecule has 3 rings (SSSR count). The van der Waals surface area contributed by atoms with Crippen LogP contribution in [0.5, 0.6) is 5.75 Å². The van der Waals surface area contributed by atoms with Crippen molar-refractivity contribution in [3.05, 3.63) is 39.7 Å². The van der Waals surface area contributed by atoms with Crippen molar-refractivity contribution in [2.75, 3.05) is 18.7 Å². The molecule has 1 aliphatic rings. The molecule has 1 aliphatic heterocycles. The van der Waals surface area contributed by atoms with Gasteiger partial charge in [-0.3, -0.25) is 14.5 Å². The van der Waals surface area contributed by atoms with E-state index < -0.39 is 46.5 Å². The Morgan fingerprint density at radius 2 is 2.08 bits per heavy atom. The fourth-order valence-corrected chi connectivity index (χ4v) is 2.61. The molecule has 2 aromatic rings. The van der Waals surface area contributed by atoms with E-state index in [1.54, 1.807) is 6.92 Å². The van der Waals surface area contributed by atoms with Gasteiger partial charge in [-0.1, -0.05) is 0 Å². The number of benzene rings is 1. The Labute approximate surface area is 138 Å². The smallest absolute Gasteiger partial charge is 0.370 e. The molecular formula is C15H12F2N2O6. The average molecular weight is 354 g/mol. The Balaban J connectivity index is 2.37. The van der Waals surface area contributed by atoms with Gasteiger partial charge in [0, 0.05) is 13.2 Å². The van der Waals surface area contributed by atoms with E-state index in [0.29, 0.717) is 6.07 Å². The normalized spacial score (nSPS) is 15.8. The summed E-state index contributed by atoms with van der Waals surface area (Å²) in [5.41, 5.74) is -1.84. The second kappa shape index (κ2) is 5.72. The summed E-state index contributed by atoms with van der Waals surface area (Å²) in [5, 5.41) is 9.91. The van der Waals surface area contributed by atoms with Gasteiger partial charge in [0.2, 0.25) is 11.2 Å². The molecule has 10 heteroatoms. The van der Waals surface area contributed by atoms with Crippen LogP contribution in [-0.2, 0) is 9.53 Å². The van der Waals surface area contributed by atoms with Crippen molar-refractivity contribution in [1.82, 2.24) is 4.68 Å². The van der Waals surface area contributed by atoms with Gasteiger partial charge in [-0.15, -0.1) is 0 Å². The number of ether oxygens (including phenoxy) is 2. The van der Waals surface area contributed by atoms with Crippen LogP contribution in [0.4, 0.5) is 8.78 Å². The summed E-state index contributed by atoms with van der Waals surface area (Å²) >= 11 is 0. The van der Waals surface area contributed by atoms with Gasteiger partial charge >= 0.3 is 11.9 Å². The lowest BCUT2D eigenvalue weighted by molar-refractivity contribution is -0.152. The molecule has 0 bridgehead atoms. The van der Waals surface area contributed by atoms with Crippen molar-refractivity contribution < 1.29 is 33.0 Å². The summed E-state index contributed by atoms with van der Waals surface area (Å²) < 4.78 is 39.1. The zero-order valence-electron chi connectivity index (χ0n) is 13.1. The number of nitrogens with zero attached hydrogens (tertiary/aromatic N) is 2. The Morgan fingerprint density at radius 1 is 1.40 bits per heavy atom. The molecule has 132 valence electrons. The first-order valence-electron chi connectivity index (χ1n) is 7.15. The van der Waals surface area contributed by atoms with Gasteiger partial charge in [0.05, 0.1) is 12.0 Å². The Bertz CT molecular complexity index is 971. The van der Waals surface area contributed by atoms with Crippen LogP contribution in [0.2, 0.25) is 0 Å². The molecule has 1 aromatic heterocycles. The number of aromatic carboxylic acids is 1. The highest BCUT2D eigenvalue weighted by atomic mass is 19.2. The maximum atomic E-state index is 14.2. The summed E-state index contributed by atoms with van der Waals surface area (Å²) in [6.07, 6.45) is -0.570. The van der Waals surface area contributed by atoms with Crippen molar-refractivity contribution in [2.45, 2.75) is 13.2 Å². The predicted molar refractivity (Wildman–Crippen MR) is 80.3 cm³/mol. The molecule has 25 heavy (non-hydrogen) atoms. The summed E-state index contributed by atoms with van der Waals surface area (Å²) in [4.78, 5) is 35.6. The van der Waals surface area contributed by atoms with E-state index in [0.717, 1.165) is 15.9 Å². The molecule has 0 aliphatic carbocycles. The van der Waals surface area contributed by atoms with Gasteiger partial charge in [0.1, 0.15) is 11.1 Å². The Kier molecular flexibility index (Phi) is 3.82. The van der Waals surface area contributed by atoms with Crippen LogP contribution in [0.25, 0.3) is 10.9 Å². The molecule has 0 fully saturated rings. The number of carboxylic acid groups (broad SMARTS) is 1. The number of pyridine rings is 1. The number of carbonyl (C=O) groups is 2. The molecular weight excluding hydrogens is 342 g/mol. The molecule has 1 atom stereocenters. The van der Waals surface area contributed by atoms with Crippen LogP contribution in [0, 0.1) is 11.6 Å². The minimum absolute atomic E-state index is 0.0188.